The molecule has 1 heterocycles. The molecule has 2 amide bonds. The molecule has 0 radical (unpaired) electrons. The molecule has 22 heavy (non-hydrogen) atoms. The number of thioether (sulfide) groups is 1. The van der Waals surface area contributed by atoms with Crippen LogP contribution in [0, 0.1) is 0 Å². The van der Waals surface area contributed by atoms with Crippen LogP contribution in [0.1, 0.15) is 6.42 Å². The van der Waals surface area contributed by atoms with Crippen LogP contribution in [-0.4, -0.2) is 55.2 Å². The lowest BCUT2D eigenvalue weighted by molar-refractivity contribution is -0.136. The largest absolute Gasteiger partial charge is 0.493 e. The van der Waals surface area contributed by atoms with E-state index in [1.54, 1.807) is 23.8 Å². The molecule has 1 unspecified atom stereocenters. The van der Waals surface area contributed by atoms with Gasteiger partial charge in [-0.15, -0.1) is 11.8 Å². The molecule has 0 saturated carbocycles. The zero-order valence-corrected chi connectivity index (χ0v) is 13.5. The first-order valence-corrected chi connectivity index (χ1v) is 8.08. The van der Waals surface area contributed by atoms with Gasteiger partial charge in [-0.3, -0.25) is 9.59 Å². The van der Waals surface area contributed by atoms with Crippen LogP contribution in [0.15, 0.2) is 24.3 Å². The fraction of sp³-hybridized carbons (Fsp3) is 0.467. The molecule has 120 valence electrons. The third-order valence-electron chi connectivity index (χ3n) is 3.35. The molecule has 6 nitrogen and oxygen atoms in total. The maximum atomic E-state index is 12.1. The lowest BCUT2D eigenvalue weighted by Crippen LogP contribution is -2.40. The van der Waals surface area contributed by atoms with Crippen molar-refractivity contribution in [1.29, 1.82) is 0 Å². The van der Waals surface area contributed by atoms with Crippen LogP contribution in [0.3, 0.4) is 0 Å². The van der Waals surface area contributed by atoms with Crippen LogP contribution < -0.4 is 14.8 Å². The van der Waals surface area contributed by atoms with Crippen LogP contribution in [0.25, 0.3) is 0 Å². The van der Waals surface area contributed by atoms with E-state index in [1.807, 2.05) is 24.3 Å². The van der Waals surface area contributed by atoms with Gasteiger partial charge in [-0.2, -0.15) is 0 Å². The van der Waals surface area contributed by atoms with Gasteiger partial charge in [-0.1, -0.05) is 12.1 Å². The van der Waals surface area contributed by atoms with Crippen molar-refractivity contribution in [2.75, 3.05) is 33.1 Å². The molecule has 1 aliphatic rings. The van der Waals surface area contributed by atoms with Gasteiger partial charge >= 0.3 is 0 Å². The topological polar surface area (TPSA) is 67.9 Å². The van der Waals surface area contributed by atoms with Crippen LogP contribution >= 0.6 is 11.8 Å². The fourth-order valence-corrected chi connectivity index (χ4v) is 3.31. The highest BCUT2D eigenvalue weighted by molar-refractivity contribution is 8.00. The number of amides is 2. The van der Waals surface area contributed by atoms with E-state index in [2.05, 4.69) is 5.32 Å². The third-order valence-corrected chi connectivity index (χ3v) is 4.55. The Morgan fingerprint density at radius 1 is 1.36 bits per heavy atom. The highest BCUT2D eigenvalue weighted by Gasteiger charge is 2.30. The van der Waals surface area contributed by atoms with E-state index in [-0.39, 0.29) is 23.6 Å². The predicted molar refractivity (Wildman–Crippen MR) is 85.1 cm³/mol. The van der Waals surface area contributed by atoms with E-state index in [4.69, 9.17) is 9.47 Å². The Morgan fingerprint density at radius 3 is 2.77 bits per heavy atom. The lowest BCUT2D eigenvalue weighted by Gasteiger charge is -2.24. The van der Waals surface area contributed by atoms with Gasteiger partial charge in [0.1, 0.15) is 18.4 Å². The maximum absolute atomic E-state index is 12.1. The number of nitrogens with zero attached hydrogens (tertiary/aromatic N) is 1. The van der Waals surface area contributed by atoms with Crippen molar-refractivity contribution in [2.45, 2.75) is 11.8 Å². The van der Waals surface area contributed by atoms with Gasteiger partial charge in [0.25, 0.3) is 0 Å². The molecule has 7 heteroatoms. The van der Waals surface area contributed by atoms with Crippen molar-refractivity contribution in [3.63, 3.8) is 0 Å². The van der Waals surface area contributed by atoms with E-state index in [1.165, 1.54) is 7.05 Å². The van der Waals surface area contributed by atoms with Gasteiger partial charge in [0, 0.05) is 19.3 Å². The summed E-state index contributed by atoms with van der Waals surface area (Å²) < 4.78 is 11.0. The summed E-state index contributed by atoms with van der Waals surface area (Å²) in [4.78, 5) is 25.2. The normalized spacial score (nSPS) is 17.2. The molecule has 1 aliphatic heterocycles. The van der Waals surface area contributed by atoms with E-state index in [0.29, 0.717) is 24.7 Å². The Balaban J connectivity index is 1.94. The Kier molecular flexibility index (Phi) is 5.94. The first-order chi connectivity index (χ1) is 10.7. The zero-order valence-electron chi connectivity index (χ0n) is 12.7. The monoisotopic (exact) mass is 324 g/mol. The van der Waals surface area contributed by atoms with Gasteiger partial charge in [0.2, 0.25) is 11.8 Å². The number of nitrogens with one attached hydrogen (secondary N) is 1. The van der Waals surface area contributed by atoms with Gasteiger partial charge < -0.3 is 19.7 Å². The molecule has 1 aromatic carbocycles. The molecule has 1 atom stereocenters. The van der Waals surface area contributed by atoms with Gasteiger partial charge in [0.15, 0.2) is 11.5 Å². The molecule has 1 saturated heterocycles. The molecule has 0 spiro atoms. The smallest absolute Gasteiger partial charge is 0.233 e. The average Bonchev–Trinajstić information content (AvgIpc) is 3.01. The SMILES string of the molecule is CNC(=O)CC(=O)N1CCSC1COc1ccccc1OC. The van der Waals surface area contributed by atoms with Crippen LogP contribution in [-0.2, 0) is 9.59 Å². The van der Waals surface area contributed by atoms with Crippen LogP contribution in [0.4, 0.5) is 0 Å². The molecule has 0 aromatic heterocycles. The second-order valence-corrected chi connectivity index (χ2v) is 6.01. The number of hydrogen-bond acceptors (Lipinski definition) is 5. The Morgan fingerprint density at radius 2 is 2.09 bits per heavy atom. The predicted octanol–water partition coefficient (Wildman–Crippen LogP) is 1.11. The molecule has 1 fully saturated rings. The number of carbonyl (C=O) groups excluding carboxylic acids is 2. The van der Waals surface area contributed by atoms with Gasteiger partial charge in [0.05, 0.1) is 7.11 Å². The number of carbonyl (C=O) groups is 2. The second kappa shape index (κ2) is 7.93. The summed E-state index contributed by atoms with van der Waals surface area (Å²) in [6.07, 6.45) is -0.123. The van der Waals surface area contributed by atoms with E-state index < -0.39 is 0 Å². The molecule has 1 N–H and O–H groups in total. The number of methoxy groups -OCH3 is 1. The van der Waals surface area contributed by atoms with Crippen LogP contribution in [0.2, 0.25) is 0 Å². The first-order valence-electron chi connectivity index (χ1n) is 7.03. The Hall–Kier alpha value is -1.89. The van der Waals surface area contributed by atoms with Gasteiger partial charge in [-0.05, 0) is 12.1 Å². The summed E-state index contributed by atoms with van der Waals surface area (Å²) in [5, 5.41) is 2.38. The minimum atomic E-state index is -0.272. The minimum absolute atomic E-state index is 0.0814. The number of benzene rings is 1. The number of hydrogen-bond donors (Lipinski definition) is 1. The first kappa shape index (κ1) is 16.5. The highest BCUT2D eigenvalue weighted by atomic mass is 32.2. The second-order valence-electron chi connectivity index (χ2n) is 4.72. The highest BCUT2D eigenvalue weighted by Crippen LogP contribution is 2.29. The van der Waals surface area contributed by atoms with Crippen LogP contribution in [0.5, 0.6) is 11.5 Å². The average molecular weight is 324 g/mol. The Bertz CT molecular complexity index is 538. The van der Waals surface area contributed by atoms with Crippen molar-refractivity contribution in [3.05, 3.63) is 24.3 Å². The number of rotatable bonds is 6. The molecule has 0 bridgehead atoms. The van der Waals surface area contributed by atoms with E-state index in [9.17, 15) is 9.59 Å². The fourth-order valence-electron chi connectivity index (χ4n) is 2.17. The summed E-state index contributed by atoms with van der Waals surface area (Å²) in [7, 11) is 3.11. The van der Waals surface area contributed by atoms with Crippen molar-refractivity contribution in [2.24, 2.45) is 0 Å². The van der Waals surface area contributed by atoms with Gasteiger partial charge in [-0.25, -0.2) is 0 Å². The summed E-state index contributed by atoms with van der Waals surface area (Å²) in [5.74, 6) is 1.72. The Labute approximate surface area is 134 Å². The summed E-state index contributed by atoms with van der Waals surface area (Å²) in [6, 6.07) is 7.39. The maximum Gasteiger partial charge on any atom is 0.233 e. The van der Waals surface area contributed by atoms with Crippen molar-refractivity contribution in [1.82, 2.24) is 10.2 Å². The summed E-state index contributed by atoms with van der Waals surface area (Å²) >= 11 is 1.65. The lowest BCUT2D eigenvalue weighted by atomic mass is 10.3. The van der Waals surface area contributed by atoms with E-state index >= 15 is 0 Å². The molecular weight excluding hydrogens is 304 g/mol. The molecule has 1 aromatic rings. The van der Waals surface area contributed by atoms with Crippen molar-refractivity contribution < 1.29 is 19.1 Å². The summed E-state index contributed by atoms with van der Waals surface area (Å²) in [6.45, 7) is 1.00. The third kappa shape index (κ3) is 4.07. The van der Waals surface area contributed by atoms with E-state index in [0.717, 1.165) is 5.75 Å². The molecular formula is C15H20N2O4S. The zero-order chi connectivity index (χ0) is 15.9. The quantitative estimate of drug-likeness (QED) is 0.794. The number of para-hydroxylation sites is 2. The molecule has 2 rings (SSSR count). The number of ether oxygens (including phenoxy) is 2. The van der Waals surface area contributed by atoms with Crippen molar-refractivity contribution >= 4 is 23.6 Å². The summed E-state index contributed by atoms with van der Waals surface area (Å²) in [5.41, 5.74) is 0. The molecule has 0 aliphatic carbocycles. The standard InChI is InChI=1S/C15H20N2O4S/c1-16-13(18)9-14(19)17-7-8-22-15(17)10-21-12-6-4-3-5-11(12)20-2/h3-6,15H,7-10H2,1-2H3,(H,16,18). The minimum Gasteiger partial charge on any atom is -0.493 e. The van der Waals surface area contributed by atoms with Crippen molar-refractivity contribution in [3.8, 4) is 11.5 Å².